The van der Waals surface area contributed by atoms with Gasteiger partial charge in [0.05, 0.1) is 20.9 Å². The summed E-state index contributed by atoms with van der Waals surface area (Å²) in [5.41, 5.74) is 2.54. The molecule has 1 fully saturated rings. The fourth-order valence-corrected chi connectivity index (χ4v) is 7.76. The van der Waals surface area contributed by atoms with Gasteiger partial charge in [0.2, 0.25) is 15.9 Å². The van der Waals surface area contributed by atoms with Gasteiger partial charge in [-0.15, -0.1) is 11.3 Å². The van der Waals surface area contributed by atoms with Crippen LogP contribution in [0.25, 0.3) is 10.2 Å². The van der Waals surface area contributed by atoms with E-state index in [1.165, 1.54) is 27.4 Å². The van der Waals surface area contributed by atoms with E-state index in [4.69, 9.17) is 11.6 Å². The number of thioether (sulfide) groups is 1. The predicted octanol–water partition coefficient (Wildman–Crippen LogP) is 5.58. The van der Waals surface area contributed by atoms with Gasteiger partial charge in [-0.1, -0.05) is 71.4 Å². The van der Waals surface area contributed by atoms with Crippen molar-refractivity contribution in [3.63, 3.8) is 0 Å². The van der Waals surface area contributed by atoms with Crippen LogP contribution >= 0.6 is 34.7 Å². The Morgan fingerprint density at radius 3 is 2.57 bits per heavy atom. The fraction of sp³-hybridized carbons (Fsp3) is 0.200. The minimum atomic E-state index is -3.80. The summed E-state index contributed by atoms with van der Waals surface area (Å²) in [6.45, 7) is 2.46. The van der Waals surface area contributed by atoms with Gasteiger partial charge in [-0.2, -0.15) is 4.31 Å². The monoisotopic (exact) mass is 543 g/mol. The van der Waals surface area contributed by atoms with Crippen LogP contribution in [0.4, 0.5) is 0 Å². The Morgan fingerprint density at radius 2 is 1.83 bits per heavy atom. The Kier molecular flexibility index (Phi) is 6.87. The third kappa shape index (κ3) is 4.96. The van der Waals surface area contributed by atoms with Crippen LogP contribution in [0.1, 0.15) is 17.3 Å². The second-order valence-corrected chi connectivity index (χ2v) is 12.8. The Bertz CT molecular complexity index is 1470. The number of fused-ring (bicyclic) bond motifs is 1. The summed E-state index contributed by atoms with van der Waals surface area (Å²) in [6.07, 6.45) is -0.704. The lowest BCUT2D eigenvalue weighted by Gasteiger charge is -2.30. The zero-order valence-electron chi connectivity index (χ0n) is 18.8. The molecule has 2 heterocycles. The molecule has 180 valence electrons. The highest BCUT2D eigenvalue weighted by Gasteiger charge is 2.43. The molecule has 0 radical (unpaired) electrons. The molecule has 35 heavy (non-hydrogen) atoms. The van der Waals surface area contributed by atoms with Crippen molar-refractivity contribution < 1.29 is 13.2 Å². The van der Waals surface area contributed by atoms with E-state index in [9.17, 15) is 13.2 Å². The molecule has 1 aliphatic heterocycles. The van der Waals surface area contributed by atoms with Crippen molar-refractivity contribution in [2.45, 2.75) is 22.3 Å². The fourth-order valence-electron chi connectivity index (χ4n) is 4.08. The largest absolute Gasteiger partial charge is 0.320 e. The van der Waals surface area contributed by atoms with Crippen molar-refractivity contribution in [1.82, 2.24) is 14.2 Å². The first kappa shape index (κ1) is 24.3. The maximum atomic E-state index is 13.6. The van der Waals surface area contributed by atoms with Gasteiger partial charge in [-0.05, 0) is 42.8 Å². The maximum absolute atomic E-state index is 13.6. The smallest absolute Gasteiger partial charge is 0.245 e. The van der Waals surface area contributed by atoms with E-state index in [1.54, 1.807) is 35.2 Å². The van der Waals surface area contributed by atoms with E-state index < -0.39 is 16.2 Å². The number of hydrogen-bond donors (Lipinski definition) is 0. The third-order valence-electron chi connectivity index (χ3n) is 5.82. The molecule has 6 nitrogen and oxygen atoms in total. The van der Waals surface area contributed by atoms with Crippen LogP contribution in [-0.4, -0.2) is 47.4 Å². The first-order valence-electron chi connectivity index (χ1n) is 10.9. The van der Waals surface area contributed by atoms with E-state index in [2.05, 4.69) is 4.98 Å². The first-order chi connectivity index (χ1) is 16.8. The van der Waals surface area contributed by atoms with Gasteiger partial charge in [0, 0.05) is 18.1 Å². The van der Waals surface area contributed by atoms with Gasteiger partial charge in [0.15, 0.2) is 4.34 Å². The molecule has 0 saturated carbocycles. The summed E-state index contributed by atoms with van der Waals surface area (Å²) in [7, 11) is -3.80. The summed E-state index contributed by atoms with van der Waals surface area (Å²) in [5, 5.41) is 0.619. The topological polar surface area (TPSA) is 70.6 Å². The summed E-state index contributed by atoms with van der Waals surface area (Å²) in [5.74, 6) is 0.0257. The molecule has 10 heteroatoms. The number of rotatable bonds is 6. The minimum Gasteiger partial charge on any atom is -0.320 e. The lowest BCUT2D eigenvalue weighted by Crippen LogP contribution is -2.38. The molecule has 1 aliphatic rings. The summed E-state index contributed by atoms with van der Waals surface area (Å²) >= 11 is 8.92. The molecule has 1 amide bonds. The quantitative estimate of drug-likeness (QED) is 0.297. The third-order valence-corrected chi connectivity index (χ3v) is 10.1. The maximum Gasteiger partial charge on any atom is 0.245 e. The Balaban J connectivity index is 1.40. The van der Waals surface area contributed by atoms with Gasteiger partial charge < -0.3 is 4.90 Å². The number of carbonyl (C=O) groups is 1. The number of benzene rings is 3. The summed E-state index contributed by atoms with van der Waals surface area (Å²) in [6, 6.07) is 21.6. The highest BCUT2D eigenvalue weighted by molar-refractivity contribution is 8.01. The SMILES string of the molecule is Cc1ccc(S(=O)(=O)N2CCN(C(=O)CSc3nc4cc(Cl)ccc4s3)[C@@H]2c2ccccc2)cc1. The van der Waals surface area contributed by atoms with Gasteiger partial charge in [-0.25, -0.2) is 13.4 Å². The van der Waals surface area contributed by atoms with Crippen LogP contribution in [-0.2, 0) is 14.8 Å². The zero-order chi connectivity index (χ0) is 24.6. The summed E-state index contributed by atoms with van der Waals surface area (Å²) in [4.78, 5) is 19.8. The van der Waals surface area contributed by atoms with E-state index >= 15 is 0 Å². The van der Waals surface area contributed by atoms with Crippen molar-refractivity contribution in [3.05, 3.63) is 88.9 Å². The van der Waals surface area contributed by atoms with E-state index in [0.717, 1.165) is 25.7 Å². The number of carbonyl (C=O) groups excluding carboxylic acids is 1. The molecule has 3 aromatic carbocycles. The van der Waals surface area contributed by atoms with Crippen molar-refractivity contribution >= 4 is 60.8 Å². The number of aryl methyl sites for hydroxylation is 1. The molecule has 0 spiro atoms. The molecule has 0 unspecified atom stereocenters. The lowest BCUT2D eigenvalue weighted by atomic mass is 10.1. The number of sulfonamides is 1. The molecular weight excluding hydrogens is 522 g/mol. The number of aromatic nitrogens is 1. The zero-order valence-corrected chi connectivity index (χ0v) is 22.0. The van der Waals surface area contributed by atoms with Gasteiger partial charge in [0.25, 0.3) is 0 Å². The average molecular weight is 544 g/mol. The van der Waals surface area contributed by atoms with Crippen molar-refractivity contribution in [2.24, 2.45) is 0 Å². The predicted molar refractivity (Wildman–Crippen MR) is 141 cm³/mol. The normalized spacial score (nSPS) is 16.7. The highest BCUT2D eigenvalue weighted by Crippen LogP contribution is 2.37. The molecule has 0 bridgehead atoms. The Morgan fingerprint density at radius 1 is 1.09 bits per heavy atom. The van der Waals surface area contributed by atoms with Crippen molar-refractivity contribution in [1.29, 1.82) is 0 Å². The van der Waals surface area contributed by atoms with Crippen LogP contribution in [0.3, 0.4) is 0 Å². The Labute approximate surface area is 217 Å². The molecule has 1 atom stereocenters. The number of amides is 1. The van der Waals surface area contributed by atoms with Gasteiger partial charge >= 0.3 is 0 Å². The van der Waals surface area contributed by atoms with Gasteiger partial charge in [0.1, 0.15) is 6.17 Å². The van der Waals surface area contributed by atoms with E-state index in [1.807, 2.05) is 49.4 Å². The Hall–Kier alpha value is -2.43. The van der Waals surface area contributed by atoms with Crippen molar-refractivity contribution in [2.75, 3.05) is 18.8 Å². The van der Waals surface area contributed by atoms with Crippen LogP contribution in [0, 0.1) is 6.92 Å². The molecule has 1 saturated heterocycles. The number of hydrogen-bond acceptors (Lipinski definition) is 6. The van der Waals surface area contributed by atoms with Crippen LogP contribution in [0.15, 0.2) is 82.0 Å². The molecule has 4 aromatic rings. The van der Waals surface area contributed by atoms with Crippen LogP contribution in [0.5, 0.6) is 0 Å². The number of nitrogens with zero attached hydrogens (tertiary/aromatic N) is 3. The van der Waals surface area contributed by atoms with E-state index in [-0.39, 0.29) is 23.1 Å². The van der Waals surface area contributed by atoms with Crippen molar-refractivity contribution in [3.8, 4) is 0 Å². The lowest BCUT2D eigenvalue weighted by molar-refractivity contribution is -0.130. The second kappa shape index (κ2) is 9.91. The van der Waals surface area contributed by atoms with Crippen LogP contribution < -0.4 is 0 Å². The van der Waals surface area contributed by atoms with E-state index in [0.29, 0.717) is 11.6 Å². The molecule has 0 aliphatic carbocycles. The molecule has 1 aromatic heterocycles. The molecule has 5 rings (SSSR count). The van der Waals surface area contributed by atoms with Gasteiger partial charge in [-0.3, -0.25) is 4.79 Å². The number of halogens is 1. The standard InChI is InChI=1S/C25H22ClN3O3S3/c1-17-7-10-20(11-8-17)35(31,32)29-14-13-28(24(29)18-5-3-2-4-6-18)23(30)16-33-25-27-21-15-19(26)9-12-22(21)34-25/h2-12,15,24H,13-14,16H2,1H3/t24-/m0/s1. The minimum absolute atomic E-state index is 0.136. The first-order valence-corrected chi connectivity index (χ1v) is 14.6. The average Bonchev–Trinajstić information content (AvgIpc) is 3.48. The number of thiazole rings is 1. The van der Waals surface area contributed by atoms with Crippen LogP contribution in [0.2, 0.25) is 5.02 Å². The summed E-state index contributed by atoms with van der Waals surface area (Å²) < 4.78 is 30.3. The molecule has 0 N–H and O–H groups in total. The highest BCUT2D eigenvalue weighted by atomic mass is 35.5. The second-order valence-electron chi connectivity index (χ2n) is 8.18. The molecular formula is C25H22ClN3O3S3.